The second-order valence-electron chi connectivity index (χ2n) is 6.98. The summed E-state index contributed by atoms with van der Waals surface area (Å²) in [6.07, 6.45) is 1.47. The van der Waals surface area contributed by atoms with Gasteiger partial charge in [-0.3, -0.25) is 14.5 Å². The van der Waals surface area contributed by atoms with Crippen molar-refractivity contribution >= 4 is 23.1 Å². The van der Waals surface area contributed by atoms with Crippen molar-refractivity contribution < 1.29 is 23.8 Å². The van der Waals surface area contributed by atoms with Gasteiger partial charge < -0.3 is 14.3 Å². The van der Waals surface area contributed by atoms with E-state index >= 15 is 0 Å². The highest BCUT2D eigenvalue weighted by Gasteiger charge is 2.48. The summed E-state index contributed by atoms with van der Waals surface area (Å²) in [6, 6.07) is 16.5. The first-order chi connectivity index (χ1) is 14.5. The molecule has 1 fully saturated rings. The van der Waals surface area contributed by atoms with Crippen molar-refractivity contribution in [3.63, 3.8) is 0 Å². The number of aliphatic hydroxyl groups excluding tert-OH is 1. The van der Waals surface area contributed by atoms with Crippen molar-refractivity contribution in [2.45, 2.75) is 19.9 Å². The Kier molecular flexibility index (Phi) is 5.14. The van der Waals surface area contributed by atoms with Crippen LogP contribution in [-0.4, -0.2) is 23.4 Å². The van der Waals surface area contributed by atoms with Crippen molar-refractivity contribution in [2.24, 2.45) is 0 Å². The fraction of sp³-hybridized carbons (Fsp3) is 0.167. The molecule has 0 aliphatic carbocycles. The highest BCUT2D eigenvalue weighted by Crippen LogP contribution is 2.42. The Labute approximate surface area is 174 Å². The molecular formula is C24H21NO5. The molecule has 1 N–H and O–H groups in total. The van der Waals surface area contributed by atoms with E-state index in [1.165, 1.54) is 11.2 Å². The molecule has 30 heavy (non-hydrogen) atoms. The maximum absolute atomic E-state index is 13.0. The molecule has 0 radical (unpaired) electrons. The predicted octanol–water partition coefficient (Wildman–Crippen LogP) is 4.61. The van der Waals surface area contributed by atoms with Gasteiger partial charge in [-0.25, -0.2) is 0 Å². The minimum absolute atomic E-state index is 0.0133. The highest BCUT2D eigenvalue weighted by molar-refractivity contribution is 6.51. The summed E-state index contributed by atoms with van der Waals surface area (Å²) in [5.74, 6) is -0.786. The van der Waals surface area contributed by atoms with E-state index in [-0.39, 0.29) is 11.3 Å². The Bertz CT molecular complexity index is 1110. The average molecular weight is 403 g/mol. The van der Waals surface area contributed by atoms with E-state index in [1.54, 1.807) is 48.5 Å². The molecule has 0 bridgehead atoms. The van der Waals surface area contributed by atoms with Crippen LogP contribution in [0.4, 0.5) is 5.69 Å². The van der Waals surface area contributed by atoms with Crippen LogP contribution in [0.3, 0.4) is 0 Å². The predicted molar refractivity (Wildman–Crippen MR) is 112 cm³/mol. The van der Waals surface area contributed by atoms with E-state index in [4.69, 9.17) is 9.15 Å². The lowest BCUT2D eigenvalue weighted by molar-refractivity contribution is -0.132. The summed E-state index contributed by atoms with van der Waals surface area (Å²) in [5, 5.41) is 11.0. The maximum Gasteiger partial charge on any atom is 0.300 e. The van der Waals surface area contributed by atoms with Gasteiger partial charge in [0.15, 0.2) is 0 Å². The molecule has 1 aromatic heterocycles. The first-order valence-electron chi connectivity index (χ1n) is 9.65. The Hall–Kier alpha value is -3.80. The maximum atomic E-state index is 13.0. The minimum Gasteiger partial charge on any atom is -0.507 e. The molecule has 1 aliphatic heterocycles. The largest absolute Gasteiger partial charge is 0.507 e. The van der Waals surface area contributed by atoms with Crippen molar-refractivity contribution in [3.8, 4) is 5.75 Å². The lowest BCUT2D eigenvalue weighted by Gasteiger charge is -2.23. The SMILES string of the molecule is CCOc1cccc(N2C(=O)C(=O)/C(=C(\O)c3ccc(C)cc3)C2c2ccco2)c1. The van der Waals surface area contributed by atoms with Gasteiger partial charge in [0, 0.05) is 17.3 Å². The van der Waals surface area contributed by atoms with E-state index in [9.17, 15) is 14.7 Å². The molecule has 1 amide bonds. The molecule has 152 valence electrons. The van der Waals surface area contributed by atoms with Gasteiger partial charge in [0.1, 0.15) is 23.3 Å². The molecule has 1 atom stereocenters. The van der Waals surface area contributed by atoms with Gasteiger partial charge in [-0.1, -0.05) is 35.9 Å². The Balaban J connectivity index is 1.88. The van der Waals surface area contributed by atoms with Crippen molar-refractivity contribution in [1.82, 2.24) is 0 Å². The summed E-state index contributed by atoms with van der Waals surface area (Å²) in [5.41, 5.74) is 1.94. The van der Waals surface area contributed by atoms with Gasteiger partial charge >= 0.3 is 0 Å². The summed E-state index contributed by atoms with van der Waals surface area (Å²) < 4.78 is 11.1. The third kappa shape index (κ3) is 3.37. The third-order valence-electron chi connectivity index (χ3n) is 4.99. The molecule has 2 aromatic carbocycles. The van der Waals surface area contributed by atoms with Crippen LogP contribution < -0.4 is 9.64 Å². The van der Waals surface area contributed by atoms with Crippen LogP contribution in [0, 0.1) is 6.92 Å². The number of anilines is 1. The smallest absolute Gasteiger partial charge is 0.300 e. The second kappa shape index (κ2) is 7.91. The number of benzene rings is 2. The molecule has 1 saturated heterocycles. The van der Waals surface area contributed by atoms with E-state index in [2.05, 4.69) is 0 Å². The van der Waals surface area contributed by atoms with E-state index in [0.717, 1.165) is 5.56 Å². The fourth-order valence-corrected chi connectivity index (χ4v) is 3.57. The molecule has 6 nitrogen and oxygen atoms in total. The molecule has 3 aromatic rings. The van der Waals surface area contributed by atoms with Crippen LogP contribution >= 0.6 is 0 Å². The topological polar surface area (TPSA) is 80.0 Å². The monoisotopic (exact) mass is 403 g/mol. The Morgan fingerprint density at radius 3 is 2.53 bits per heavy atom. The van der Waals surface area contributed by atoms with Crippen LogP contribution in [0.15, 0.2) is 76.9 Å². The standard InChI is InChI=1S/C24H21NO5/c1-3-29-18-7-4-6-17(14-18)25-21(19-8-5-13-30-19)20(23(27)24(25)28)22(26)16-11-9-15(2)10-12-16/h4-14,21,26H,3H2,1-2H3/b22-20-. The van der Waals surface area contributed by atoms with Gasteiger partial charge in [0.05, 0.1) is 18.4 Å². The number of aryl methyl sites for hydroxylation is 1. The van der Waals surface area contributed by atoms with Gasteiger partial charge in [-0.05, 0) is 38.1 Å². The highest BCUT2D eigenvalue weighted by atomic mass is 16.5. The number of ether oxygens (including phenoxy) is 1. The number of hydrogen-bond donors (Lipinski definition) is 1. The summed E-state index contributed by atoms with van der Waals surface area (Å²) >= 11 is 0. The normalized spacial score (nSPS) is 18.1. The molecule has 0 spiro atoms. The average Bonchev–Trinajstić information content (AvgIpc) is 3.36. The summed E-state index contributed by atoms with van der Waals surface area (Å²) in [7, 11) is 0. The molecule has 1 unspecified atom stereocenters. The molecule has 4 rings (SSSR count). The molecular weight excluding hydrogens is 382 g/mol. The molecule has 2 heterocycles. The van der Waals surface area contributed by atoms with Gasteiger partial charge in [-0.2, -0.15) is 0 Å². The first kappa shape index (κ1) is 19.5. The van der Waals surface area contributed by atoms with E-state index in [0.29, 0.717) is 29.4 Å². The number of furan rings is 1. The first-order valence-corrected chi connectivity index (χ1v) is 9.65. The fourth-order valence-electron chi connectivity index (χ4n) is 3.57. The Morgan fingerprint density at radius 1 is 1.10 bits per heavy atom. The number of nitrogens with zero attached hydrogens (tertiary/aromatic N) is 1. The number of carbonyl (C=O) groups is 2. The zero-order valence-corrected chi connectivity index (χ0v) is 16.7. The molecule has 1 aliphatic rings. The molecule has 0 saturated carbocycles. The summed E-state index contributed by atoms with van der Waals surface area (Å²) in [6.45, 7) is 4.26. The number of amides is 1. The van der Waals surface area contributed by atoms with Crippen LogP contribution in [-0.2, 0) is 9.59 Å². The number of carbonyl (C=O) groups excluding carboxylic acids is 2. The second-order valence-corrected chi connectivity index (χ2v) is 6.98. The van der Waals surface area contributed by atoms with Crippen LogP contribution in [0.5, 0.6) is 5.75 Å². The zero-order chi connectivity index (χ0) is 21.3. The molecule has 6 heteroatoms. The quantitative estimate of drug-likeness (QED) is 0.382. The van der Waals surface area contributed by atoms with Crippen LogP contribution in [0.2, 0.25) is 0 Å². The minimum atomic E-state index is -0.891. The number of ketones is 1. The van der Waals surface area contributed by atoms with Crippen LogP contribution in [0.25, 0.3) is 5.76 Å². The van der Waals surface area contributed by atoms with Gasteiger partial charge in [0.2, 0.25) is 0 Å². The third-order valence-corrected chi connectivity index (χ3v) is 4.99. The number of aliphatic hydroxyl groups is 1. The van der Waals surface area contributed by atoms with Crippen molar-refractivity contribution in [2.75, 3.05) is 11.5 Å². The Morgan fingerprint density at radius 2 is 1.87 bits per heavy atom. The van der Waals surface area contributed by atoms with Crippen molar-refractivity contribution in [3.05, 3.63) is 89.4 Å². The number of rotatable bonds is 5. The zero-order valence-electron chi connectivity index (χ0n) is 16.7. The van der Waals surface area contributed by atoms with Gasteiger partial charge in [-0.15, -0.1) is 0 Å². The van der Waals surface area contributed by atoms with Gasteiger partial charge in [0.25, 0.3) is 11.7 Å². The lowest BCUT2D eigenvalue weighted by atomic mass is 9.98. The number of hydrogen-bond acceptors (Lipinski definition) is 5. The number of Topliss-reactive ketones (excluding diaryl/α,β-unsaturated/α-hetero) is 1. The van der Waals surface area contributed by atoms with E-state index in [1.807, 2.05) is 26.0 Å². The lowest BCUT2D eigenvalue weighted by Crippen LogP contribution is -2.29. The van der Waals surface area contributed by atoms with Crippen LogP contribution in [0.1, 0.15) is 29.9 Å². The van der Waals surface area contributed by atoms with Crippen molar-refractivity contribution in [1.29, 1.82) is 0 Å². The van der Waals surface area contributed by atoms with E-state index < -0.39 is 17.7 Å². The summed E-state index contributed by atoms with van der Waals surface area (Å²) in [4.78, 5) is 27.4.